The van der Waals surface area contributed by atoms with E-state index in [1.54, 1.807) is 0 Å². The van der Waals surface area contributed by atoms with Crippen molar-refractivity contribution in [1.29, 1.82) is 0 Å². The first-order chi connectivity index (χ1) is 6.61. The van der Waals surface area contributed by atoms with Gasteiger partial charge in [0.1, 0.15) is 18.6 Å². The number of hydrogen-bond donors (Lipinski definition) is 0. The van der Waals surface area contributed by atoms with Crippen LogP contribution in [0, 0.1) is 10.1 Å². The number of ether oxygens (including phenoxy) is 1. The van der Waals surface area contributed by atoms with Crippen LogP contribution in [0.25, 0.3) is 0 Å². The van der Waals surface area contributed by atoms with Gasteiger partial charge in [-0.1, -0.05) is 11.6 Å². The van der Waals surface area contributed by atoms with E-state index in [9.17, 15) is 10.1 Å². The van der Waals surface area contributed by atoms with E-state index < -0.39 is 4.92 Å². The second-order valence-corrected chi connectivity index (χ2v) is 3.35. The predicted octanol–water partition coefficient (Wildman–Crippen LogP) is 0.977. The van der Waals surface area contributed by atoms with Gasteiger partial charge in [0.05, 0.1) is 11.5 Å². The highest BCUT2D eigenvalue weighted by atomic mass is 35.5. The van der Waals surface area contributed by atoms with Crippen LogP contribution in [0.5, 0.6) is 5.75 Å². The topological polar surface area (TPSA) is 52.4 Å². The molecule has 2 radical (unpaired) electrons. The molecule has 70 valence electrons. The van der Waals surface area contributed by atoms with E-state index in [0.29, 0.717) is 18.8 Å². The summed E-state index contributed by atoms with van der Waals surface area (Å²) in [6, 6.07) is 1.42. The number of nitro groups is 1. The normalized spacial score (nSPS) is 13.5. The minimum atomic E-state index is -0.544. The number of rotatable bonds is 1. The maximum Gasteiger partial charge on any atom is 0.287 e. The summed E-state index contributed by atoms with van der Waals surface area (Å²) in [5, 5.41) is 10.6. The van der Waals surface area contributed by atoms with Crippen molar-refractivity contribution in [3.05, 3.63) is 26.8 Å². The highest BCUT2D eigenvalue weighted by Gasteiger charge is 2.24. The minimum absolute atomic E-state index is 0.0457. The van der Waals surface area contributed by atoms with Crippen LogP contribution in [-0.2, 0) is 6.42 Å². The lowest BCUT2D eigenvalue weighted by Gasteiger charge is -2.06. The summed E-state index contributed by atoms with van der Waals surface area (Å²) in [6.45, 7) is 0.497. The Morgan fingerprint density at radius 2 is 2.36 bits per heavy atom. The van der Waals surface area contributed by atoms with Crippen molar-refractivity contribution >= 4 is 30.6 Å². The van der Waals surface area contributed by atoms with Gasteiger partial charge in [-0.2, -0.15) is 0 Å². The number of benzene rings is 1. The molecule has 1 heterocycles. The van der Waals surface area contributed by atoms with Gasteiger partial charge < -0.3 is 4.74 Å². The molecule has 1 aliphatic heterocycles. The fourth-order valence-corrected chi connectivity index (χ4v) is 1.67. The highest BCUT2D eigenvalue weighted by molar-refractivity contribution is 6.47. The number of nitro benzene ring substituents is 1. The van der Waals surface area contributed by atoms with Gasteiger partial charge in [0.25, 0.3) is 5.69 Å². The van der Waals surface area contributed by atoms with E-state index in [-0.39, 0.29) is 16.2 Å². The first-order valence-electron chi connectivity index (χ1n) is 3.99. The number of hydrogen-bond acceptors (Lipinski definition) is 3. The summed E-state index contributed by atoms with van der Waals surface area (Å²) in [4.78, 5) is 10.1. The Labute approximate surface area is 86.4 Å². The van der Waals surface area contributed by atoms with Gasteiger partial charge in [0.15, 0.2) is 0 Å². The van der Waals surface area contributed by atoms with E-state index in [0.717, 1.165) is 5.56 Å². The van der Waals surface area contributed by atoms with Crippen LogP contribution in [0.2, 0.25) is 5.02 Å². The third-order valence-electron chi connectivity index (χ3n) is 2.12. The summed E-state index contributed by atoms with van der Waals surface area (Å²) in [6.07, 6.45) is 0.636. The Hall–Kier alpha value is -1.23. The van der Waals surface area contributed by atoms with Crippen molar-refractivity contribution in [3.63, 3.8) is 0 Å². The first kappa shape index (κ1) is 9.33. The average Bonchev–Trinajstić information content (AvgIpc) is 2.58. The van der Waals surface area contributed by atoms with Crippen molar-refractivity contribution in [2.45, 2.75) is 6.42 Å². The first-order valence-corrected chi connectivity index (χ1v) is 4.37. The number of halogens is 1. The van der Waals surface area contributed by atoms with E-state index in [2.05, 4.69) is 0 Å². The molecular weight excluding hydrogens is 204 g/mol. The summed E-state index contributed by atoms with van der Waals surface area (Å²) in [5.74, 6) is 0.487. The number of fused-ring (bicyclic) bond motifs is 1. The molecule has 1 aromatic carbocycles. The van der Waals surface area contributed by atoms with E-state index >= 15 is 0 Å². The quantitative estimate of drug-likeness (QED) is 0.393. The molecule has 1 aromatic rings. The third kappa shape index (κ3) is 1.24. The molecule has 0 saturated carbocycles. The molecule has 0 atom stereocenters. The lowest BCUT2D eigenvalue weighted by Crippen LogP contribution is -2.10. The molecule has 2 rings (SSSR count). The molecular formula is C8H5BClNO3. The smallest absolute Gasteiger partial charge is 0.287 e. The van der Waals surface area contributed by atoms with Crippen molar-refractivity contribution in [1.82, 2.24) is 0 Å². The predicted molar refractivity (Wildman–Crippen MR) is 52.7 cm³/mol. The summed E-state index contributed by atoms with van der Waals surface area (Å²) in [7, 11) is 5.61. The van der Waals surface area contributed by atoms with Crippen LogP contribution >= 0.6 is 11.6 Å². The summed E-state index contributed by atoms with van der Waals surface area (Å²) in [5.41, 5.74) is 0.750. The van der Waals surface area contributed by atoms with Crippen molar-refractivity contribution in [2.24, 2.45) is 0 Å². The second kappa shape index (κ2) is 3.17. The second-order valence-electron chi connectivity index (χ2n) is 2.97. The minimum Gasteiger partial charge on any atom is -0.494 e. The van der Waals surface area contributed by atoms with Crippen LogP contribution in [0.3, 0.4) is 0 Å². The highest BCUT2D eigenvalue weighted by Crippen LogP contribution is 2.32. The van der Waals surface area contributed by atoms with Crippen molar-refractivity contribution in [3.8, 4) is 5.75 Å². The van der Waals surface area contributed by atoms with Crippen molar-refractivity contribution in [2.75, 3.05) is 6.61 Å². The molecule has 0 amide bonds. The van der Waals surface area contributed by atoms with Crippen LogP contribution in [0.15, 0.2) is 6.07 Å². The van der Waals surface area contributed by atoms with Gasteiger partial charge in [-0.3, -0.25) is 10.1 Å². The van der Waals surface area contributed by atoms with Crippen LogP contribution < -0.4 is 10.2 Å². The lowest BCUT2D eigenvalue weighted by molar-refractivity contribution is -0.384. The molecule has 0 bridgehead atoms. The van der Waals surface area contributed by atoms with Gasteiger partial charge in [0.2, 0.25) is 0 Å². The third-order valence-corrected chi connectivity index (χ3v) is 2.52. The molecule has 0 fully saturated rings. The Morgan fingerprint density at radius 1 is 1.64 bits per heavy atom. The lowest BCUT2D eigenvalue weighted by atomic mass is 9.92. The molecule has 0 aliphatic carbocycles. The average molecular weight is 209 g/mol. The molecule has 0 aromatic heterocycles. The van der Waals surface area contributed by atoms with E-state index in [1.165, 1.54) is 6.07 Å². The fraction of sp³-hybridized carbons (Fsp3) is 0.250. The summed E-state index contributed by atoms with van der Waals surface area (Å²) < 4.78 is 5.21. The zero-order chi connectivity index (χ0) is 10.3. The van der Waals surface area contributed by atoms with Crippen LogP contribution in [-0.4, -0.2) is 19.4 Å². The van der Waals surface area contributed by atoms with Crippen molar-refractivity contribution < 1.29 is 9.66 Å². The van der Waals surface area contributed by atoms with Gasteiger partial charge in [-0.25, -0.2) is 0 Å². The van der Waals surface area contributed by atoms with Gasteiger partial charge in [-0.05, 0) is 5.46 Å². The Balaban J connectivity index is 2.67. The van der Waals surface area contributed by atoms with Crippen LogP contribution in [0.1, 0.15) is 5.56 Å². The largest absolute Gasteiger partial charge is 0.494 e. The van der Waals surface area contributed by atoms with Gasteiger partial charge in [-0.15, -0.1) is 0 Å². The Morgan fingerprint density at radius 3 is 3.00 bits per heavy atom. The fourth-order valence-electron chi connectivity index (χ4n) is 1.46. The molecule has 0 saturated heterocycles. The monoisotopic (exact) mass is 209 g/mol. The Kier molecular flexibility index (Phi) is 2.11. The SMILES string of the molecule is [B]c1c(Cl)c([N+](=O)[O-])cc2c1OCC2. The molecule has 0 unspecified atom stereocenters. The standard InChI is InChI=1S/C8H5BClNO3/c9-6-7(10)5(11(12)13)3-4-1-2-14-8(4)6/h3H,1-2H2. The maximum atomic E-state index is 10.6. The Bertz CT molecular complexity index is 422. The van der Waals surface area contributed by atoms with Gasteiger partial charge >= 0.3 is 0 Å². The summed E-state index contributed by atoms with van der Waals surface area (Å²) >= 11 is 5.73. The molecule has 0 spiro atoms. The molecule has 1 aliphatic rings. The zero-order valence-corrected chi connectivity index (χ0v) is 7.87. The van der Waals surface area contributed by atoms with Crippen LogP contribution in [0.4, 0.5) is 5.69 Å². The number of nitrogens with zero attached hydrogens (tertiary/aromatic N) is 1. The molecule has 4 nitrogen and oxygen atoms in total. The molecule has 0 N–H and O–H groups in total. The van der Waals surface area contributed by atoms with E-state index in [4.69, 9.17) is 24.2 Å². The maximum absolute atomic E-state index is 10.6. The molecule has 6 heteroatoms. The zero-order valence-electron chi connectivity index (χ0n) is 7.12. The molecule has 14 heavy (non-hydrogen) atoms. The van der Waals surface area contributed by atoms with Gasteiger partial charge in [0, 0.05) is 18.1 Å². The van der Waals surface area contributed by atoms with E-state index in [1.807, 2.05) is 0 Å².